The van der Waals surface area contributed by atoms with Crippen LogP contribution in [0.4, 0.5) is 5.69 Å². The fourth-order valence-electron chi connectivity index (χ4n) is 3.96. The van der Waals surface area contributed by atoms with E-state index in [0.717, 1.165) is 4.31 Å². The summed E-state index contributed by atoms with van der Waals surface area (Å²) in [6, 6.07) is 18.5. The van der Waals surface area contributed by atoms with E-state index in [1.807, 2.05) is 0 Å². The highest BCUT2D eigenvalue weighted by atomic mass is 35.5. The third-order valence-electron chi connectivity index (χ3n) is 6.03. The van der Waals surface area contributed by atoms with Gasteiger partial charge >= 0.3 is 0 Å². The minimum absolute atomic E-state index is 0.0176. The summed E-state index contributed by atoms with van der Waals surface area (Å²) in [5.74, 6) is -0.171. The van der Waals surface area contributed by atoms with Crippen LogP contribution in [0.2, 0.25) is 5.02 Å². The molecule has 0 bridgehead atoms. The van der Waals surface area contributed by atoms with E-state index in [9.17, 15) is 18.0 Å². The van der Waals surface area contributed by atoms with Crippen LogP contribution in [0, 0.1) is 0 Å². The molecule has 0 aliphatic heterocycles. The molecule has 0 spiro atoms. The van der Waals surface area contributed by atoms with Crippen molar-refractivity contribution in [3.63, 3.8) is 0 Å². The first-order chi connectivity index (χ1) is 18.6. The number of halogens is 1. The molecule has 0 aliphatic rings. The number of nitrogens with zero attached hydrogens (tertiary/aromatic N) is 2. The number of hydrogen-bond acceptors (Lipinski definition) is 6. The van der Waals surface area contributed by atoms with E-state index >= 15 is 0 Å². The average molecular weight is 574 g/mol. The molecule has 0 radical (unpaired) electrons. The van der Waals surface area contributed by atoms with Crippen molar-refractivity contribution in [3.8, 4) is 11.5 Å². The van der Waals surface area contributed by atoms with Gasteiger partial charge in [-0.3, -0.25) is 13.9 Å². The maximum atomic E-state index is 13.9. The largest absolute Gasteiger partial charge is 0.497 e. The number of sulfonamides is 1. The maximum absolute atomic E-state index is 13.9. The van der Waals surface area contributed by atoms with E-state index in [1.165, 1.54) is 43.4 Å². The van der Waals surface area contributed by atoms with Crippen LogP contribution in [0.15, 0.2) is 77.7 Å². The molecule has 1 N–H and O–H groups in total. The quantitative estimate of drug-likeness (QED) is 0.350. The number of anilines is 1. The Morgan fingerprint density at radius 3 is 2.33 bits per heavy atom. The van der Waals surface area contributed by atoms with Crippen molar-refractivity contribution < 1.29 is 27.5 Å². The van der Waals surface area contributed by atoms with E-state index in [-0.39, 0.29) is 33.8 Å². The van der Waals surface area contributed by atoms with Gasteiger partial charge in [-0.2, -0.15) is 0 Å². The topological polar surface area (TPSA) is 105 Å². The Morgan fingerprint density at radius 2 is 1.69 bits per heavy atom. The van der Waals surface area contributed by atoms with Gasteiger partial charge in [0.25, 0.3) is 10.0 Å². The van der Waals surface area contributed by atoms with Crippen molar-refractivity contribution in [1.29, 1.82) is 0 Å². The van der Waals surface area contributed by atoms with Crippen molar-refractivity contribution in [3.05, 3.63) is 83.4 Å². The molecule has 0 aromatic heterocycles. The molecule has 11 heteroatoms. The Bertz CT molecular complexity index is 1400. The number of nitrogens with one attached hydrogen (secondary N) is 1. The molecule has 0 saturated heterocycles. The highest BCUT2D eigenvalue weighted by Gasteiger charge is 2.33. The van der Waals surface area contributed by atoms with Crippen molar-refractivity contribution in [2.45, 2.75) is 31.3 Å². The van der Waals surface area contributed by atoms with Gasteiger partial charge in [0.15, 0.2) is 0 Å². The van der Waals surface area contributed by atoms with Gasteiger partial charge in [-0.25, -0.2) is 8.42 Å². The Hall–Kier alpha value is -3.76. The van der Waals surface area contributed by atoms with E-state index in [2.05, 4.69) is 5.32 Å². The van der Waals surface area contributed by atoms with E-state index in [1.54, 1.807) is 62.4 Å². The molecule has 3 rings (SSSR count). The minimum atomic E-state index is -4.25. The number of carbonyl (C=O) groups is 2. The molecule has 9 nitrogen and oxygen atoms in total. The van der Waals surface area contributed by atoms with Gasteiger partial charge in [0.2, 0.25) is 11.8 Å². The minimum Gasteiger partial charge on any atom is -0.497 e. The molecular formula is C28H32ClN3O6S. The zero-order chi connectivity index (χ0) is 28.6. The first-order valence-corrected chi connectivity index (χ1v) is 14.1. The summed E-state index contributed by atoms with van der Waals surface area (Å²) in [5.41, 5.74) is 0.797. The molecular weight excluding hydrogens is 542 g/mol. The van der Waals surface area contributed by atoms with Crippen molar-refractivity contribution in [2.75, 3.05) is 31.6 Å². The normalized spacial score (nSPS) is 11.8. The lowest BCUT2D eigenvalue weighted by molar-refractivity contribution is -0.139. The molecule has 0 heterocycles. The van der Waals surface area contributed by atoms with Crippen molar-refractivity contribution in [2.24, 2.45) is 0 Å². The Morgan fingerprint density at radius 1 is 0.974 bits per heavy atom. The standard InChI is InChI=1S/C28H32ClN3O6S/c1-5-30-28(34)20(2)31(18-21-10-9-11-23(16-21)37-3)27(33)19-32(25-17-22(29)14-15-26(25)38-4)39(35,36)24-12-7-6-8-13-24/h6-17,20H,5,18-19H2,1-4H3,(H,30,34)/t20-/m1/s1. The fourth-order valence-corrected chi connectivity index (χ4v) is 5.57. The summed E-state index contributed by atoms with van der Waals surface area (Å²) in [7, 11) is -1.32. The molecule has 208 valence electrons. The first-order valence-electron chi connectivity index (χ1n) is 12.2. The lowest BCUT2D eigenvalue weighted by Gasteiger charge is -2.32. The summed E-state index contributed by atoms with van der Waals surface area (Å²) in [4.78, 5) is 28.1. The van der Waals surface area contributed by atoms with Crippen LogP contribution in [0.5, 0.6) is 11.5 Å². The van der Waals surface area contributed by atoms with Gasteiger partial charge in [0.1, 0.15) is 24.1 Å². The van der Waals surface area contributed by atoms with Crippen LogP contribution in [0.1, 0.15) is 19.4 Å². The van der Waals surface area contributed by atoms with Crippen molar-refractivity contribution >= 4 is 39.1 Å². The monoisotopic (exact) mass is 573 g/mol. The van der Waals surface area contributed by atoms with Gasteiger partial charge in [0.05, 0.1) is 24.8 Å². The van der Waals surface area contributed by atoms with Crippen LogP contribution >= 0.6 is 11.6 Å². The Kier molecular flexibility index (Phi) is 10.2. The molecule has 1 atom stereocenters. The lowest BCUT2D eigenvalue weighted by Crippen LogP contribution is -2.51. The second kappa shape index (κ2) is 13.3. The number of carbonyl (C=O) groups excluding carboxylic acids is 2. The molecule has 0 saturated carbocycles. The van der Waals surface area contributed by atoms with Crippen LogP contribution in [-0.4, -0.2) is 58.5 Å². The van der Waals surface area contributed by atoms with Crippen molar-refractivity contribution in [1.82, 2.24) is 10.2 Å². The molecule has 3 aromatic carbocycles. The summed E-state index contributed by atoms with van der Waals surface area (Å²) in [6.45, 7) is 3.18. The highest BCUT2D eigenvalue weighted by molar-refractivity contribution is 7.92. The molecule has 2 amide bonds. The zero-order valence-corrected chi connectivity index (χ0v) is 23.8. The molecule has 0 aliphatic carbocycles. The highest BCUT2D eigenvalue weighted by Crippen LogP contribution is 2.35. The summed E-state index contributed by atoms with van der Waals surface area (Å²) >= 11 is 6.24. The number of benzene rings is 3. The Labute approximate surface area is 234 Å². The predicted molar refractivity (Wildman–Crippen MR) is 151 cm³/mol. The van der Waals surface area contributed by atoms with Crippen LogP contribution in [0.3, 0.4) is 0 Å². The molecule has 3 aromatic rings. The summed E-state index contributed by atoms with van der Waals surface area (Å²) < 4.78 is 39.4. The second-order valence-corrected chi connectivity index (χ2v) is 10.9. The molecule has 39 heavy (non-hydrogen) atoms. The number of rotatable bonds is 12. The second-order valence-electron chi connectivity index (χ2n) is 8.58. The van der Waals surface area contributed by atoms with Gasteiger partial charge in [0, 0.05) is 18.1 Å². The number of amides is 2. The lowest BCUT2D eigenvalue weighted by atomic mass is 10.1. The fraction of sp³-hybridized carbons (Fsp3) is 0.286. The Balaban J connectivity index is 2.09. The van der Waals surface area contributed by atoms with Gasteiger partial charge in [-0.1, -0.05) is 41.9 Å². The van der Waals surface area contributed by atoms with Gasteiger partial charge < -0.3 is 19.7 Å². The number of likely N-dealkylation sites (N-methyl/N-ethyl adjacent to an activating group) is 1. The maximum Gasteiger partial charge on any atom is 0.264 e. The van der Waals surface area contributed by atoms with E-state index in [0.29, 0.717) is 17.9 Å². The third kappa shape index (κ3) is 7.21. The van der Waals surface area contributed by atoms with Crippen LogP contribution in [-0.2, 0) is 26.2 Å². The van der Waals surface area contributed by atoms with Gasteiger partial charge in [-0.05, 0) is 61.9 Å². The van der Waals surface area contributed by atoms with E-state index in [4.69, 9.17) is 21.1 Å². The zero-order valence-electron chi connectivity index (χ0n) is 22.3. The van der Waals surface area contributed by atoms with Crippen LogP contribution < -0.4 is 19.1 Å². The number of ether oxygens (including phenoxy) is 2. The smallest absolute Gasteiger partial charge is 0.264 e. The van der Waals surface area contributed by atoms with E-state index < -0.39 is 28.5 Å². The van der Waals surface area contributed by atoms with Crippen LogP contribution in [0.25, 0.3) is 0 Å². The van der Waals surface area contributed by atoms with Gasteiger partial charge in [-0.15, -0.1) is 0 Å². The average Bonchev–Trinajstić information content (AvgIpc) is 2.94. The first kappa shape index (κ1) is 29.8. The number of hydrogen-bond donors (Lipinski definition) is 1. The third-order valence-corrected chi connectivity index (χ3v) is 8.03. The number of methoxy groups -OCH3 is 2. The summed E-state index contributed by atoms with van der Waals surface area (Å²) in [6.07, 6.45) is 0. The molecule has 0 fully saturated rings. The SMILES string of the molecule is CCNC(=O)[C@@H](C)N(Cc1cccc(OC)c1)C(=O)CN(c1cc(Cl)ccc1OC)S(=O)(=O)c1ccccc1. The summed E-state index contributed by atoms with van der Waals surface area (Å²) in [5, 5.41) is 2.99. The molecule has 0 unspecified atom stereocenters. The predicted octanol–water partition coefficient (Wildman–Crippen LogP) is 4.11.